The predicted molar refractivity (Wildman–Crippen MR) is 90.4 cm³/mol. The number of oxime groups is 1. The number of anilines is 1. The molecule has 0 radical (unpaired) electrons. The van der Waals surface area contributed by atoms with Crippen molar-refractivity contribution in [1.82, 2.24) is 14.8 Å². The molecule has 25 heavy (non-hydrogen) atoms. The zero-order chi connectivity index (χ0) is 18.2. The molecule has 1 aliphatic heterocycles. The molecule has 0 aliphatic carbocycles. The van der Waals surface area contributed by atoms with Crippen molar-refractivity contribution in [3.8, 4) is 0 Å². The lowest BCUT2D eigenvalue weighted by Gasteiger charge is -2.21. The Morgan fingerprint density at radius 3 is 2.80 bits per heavy atom. The van der Waals surface area contributed by atoms with Crippen LogP contribution in [0.5, 0.6) is 0 Å². The van der Waals surface area contributed by atoms with Gasteiger partial charge < -0.3 is 4.84 Å². The Labute approximate surface area is 144 Å². The molecule has 10 heteroatoms. The number of aromatic nitrogens is 3. The van der Waals surface area contributed by atoms with Gasteiger partial charge in [0.1, 0.15) is 13.4 Å². The number of carbonyl (C=O) groups excluding carboxylic acids is 1. The summed E-state index contributed by atoms with van der Waals surface area (Å²) in [5.41, 5.74) is 1.80. The predicted octanol–water partition coefficient (Wildman–Crippen LogP) is 0.904. The highest BCUT2D eigenvalue weighted by Crippen LogP contribution is 2.30. The van der Waals surface area contributed by atoms with Crippen molar-refractivity contribution in [3.05, 3.63) is 35.2 Å². The Kier molecular flexibility index (Phi) is 4.29. The second-order valence-corrected chi connectivity index (χ2v) is 7.64. The SMILES string of the molecule is CO/N=C1/CCS(=O)(=O)c2ccc(C(=O)Nc3ncnn3C)c(C)c21. The van der Waals surface area contributed by atoms with Gasteiger partial charge in [0.15, 0.2) is 9.84 Å². The van der Waals surface area contributed by atoms with Gasteiger partial charge in [0.05, 0.1) is 16.4 Å². The van der Waals surface area contributed by atoms with Crippen LogP contribution in [0, 0.1) is 6.92 Å². The molecule has 1 aromatic carbocycles. The van der Waals surface area contributed by atoms with E-state index in [1.165, 1.54) is 30.3 Å². The lowest BCUT2D eigenvalue weighted by atomic mass is 9.96. The largest absolute Gasteiger partial charge is 0.399 e. The lowest BCUT2D eigenvalue weighted by Crippen LogP contribution is -2.25. The van der Waals surface area contributed by atoms with Crippen molar-refractivity contribution >= 4 is 27.4 Å². The maximum atomic E-state index is 12.6. The van der Waals surface area contributed by atoms with Crippen LogP contribution in [0.25, 0.3) is 0 Å². The van der Waals surface area contributed by atoms with Crippen LogP contribution in [0.3, 0.4) is 0 Å². The van der Waals surface area contributed by atoms with E-state index in [1.807, 2.05) is 0 Å². The minimum atomic E-state index is -3.41. The first kappa shape index (κ1) is 17.1. The molecule has 3 rings (SSSR count). The third-order valence-corrected chi connectivity index (χ3v) is 5.79. The zero-order valence-electron chi connectivity index (χ0n) is 14.0. The number of carbonyl (C=O) groups is 1. The number of aryl methyl sites for hydroxylation is 1. The van der Waals surface area contributed by atoms with Crippen LogP contribution >= 0.6 is 0 Å². The summed E-state index contributed by atoms with van der Waals surface area (Å²) >= 11 is 0. The molecule has 132 valence electrons. The second kappa shape index (κ2) is 6.28. The fourth-order valence-electron chi connectivity index (χ4n) is 2.80. The molecule has 0 fully saturated rings. The summed E-state index contributed by atoms with van der Waals surface area (Å²) in [6, 6.07) is 2.93. The Balaban J connectivity index is 2.09. The van der Waals surface area contributed by atoms with Crippen LogP contribution in [-0.2, 0) is 21.7 Å². The molecule has 0 saturated heterocycles. The van der Waals surface area contributed by atoms with Crippen molar-refractivity contribution in [2.75, 3.05) is 18.2 Å². The molecule has 1 aromatic heterocycles. The second-order valence-electron chi connectivity index (χ2n) is 5.56. The highest BCUT2D eigenvalue weighted by atomic mass is 32.2. The van der Waals surface area contributed by atoms with Gasteiger partial charge in [0.2, 0.25) is 5.95 Å². The Morgan fingerprint density at radius 2 is 2.16 bits per heavy atom. The molecule has 0 bridgehead atoms. The van der Waals surface area contributed by atoms with E-state index in [2.05, 4.69) is 20.6 Å². The standard InChI is InChI=1S/C15H17N5O4S/c1-9-10(14(21)18-15-16-8-17-20(15)2)4-5-12-13(9)11(19-24-3)6-7-25(12,22)23/h4-5,8H,6-7H2,1-3H3,(H,16,17,18,21)/b19-11-. The molecule has 2 heterocycles. The number of amides is 1. The molecule has 1 amide bonds. The Bertz CT molecular complexity index is 978. The number of hydrogen-bond donors (Lipinski definition) is 1. The highest BCUT2D eigenvalue weighted by molar-refractivity contribution is 7.91. The quantitative estimate of drug-likeness (QED) is 0.810. The number of nitrogens with one attached hydrogen (secondary N) is 1. The van der Waals surface area contributed by atoms with E-state index in [-0.39, 0.29) is 17.1 Å². The van der Waals surface area contributed by atoms with Crippen LogP contribution in [0.15, 0.2) is 28.5 Å². The van der Waals surface area contributed by atoms with Crippen molar-refractivity contribution in [1.29, 1.82) is 0 Å². The lowest BCUT2D eigenvalue weighted by molar-refractivity contribution is 0.102. The summed E-state index contributed by atoms with van der Waals surface area (Å²) in [4.78, 5) is 21.5. The number of fused-ring (bicyclic) bond motifs is 1. The van der Waals surface area contributed by atoms with E-state index in [4.69, 9.17) is 4.84 Å². The first-order valence-corrected chi connectivity index (χ1v) is 9.12. The van der Waals surface area contributed by atoms with Gasteiger partial charge in [0, 0.05) is 24.6 Å². The van der Waals surface area contributed by atoms with Crippen LogP contribution in [0.1, 0.15) is 27.9 Å². The Hall–Kier alpha value is -2.75. The number of sulfone groups is 1. The van der Waals surface area contributed by atoms with E-state index in [0.29, 0.717) is 28.4 Å². The third kappa shape index (κ3) is 3.00. The van der Waals surface area contributed by atoms with Crippen LogP contribution in [0.4, 0.5) is 5.95 Å². The van der Waals surface area contributed by atoms with Gasteiger partial charge in [-0.15, -0.1) is 0 Å². The van der Waals surface area contributed by atoms with Gasteiger partial charge in [-0.05, 0) is 24.6 Å². The van der Waals surface area contributed by atoms with Gasteiger partial charge >= 0.3 is 0 Å². The topological polar surface area (TPSA) is 116 Å². The van der Waals surface area contributed by atoms with Gasteiger partial charge in [-0.1, -0.05) is 5.16 Å². The van der Waals surface area contributed by atoms with Gasteiger partial charge in [-0.25, -0.2) is 13.1 Å². The zero-order valence-corrected chi connectivity index (χ0v) is 14.8. The van der Waals surface area contributed by atoms with E-state index in [0.717, 1.165) is 0 Å². The molecule has 0 atom stereocenters. The third-order valence-electron chi connectivity index (χ3n) is 4.04. The Morgan fingerprint density at radius 1 is 1.40 bits per heavy atom. The number of hydrogen-bond acceptors (Lipinski definition) is 7. The van der Waals surface area contributed by atoms with E-state index in [9.17, 15) is 13.2 Å². The molecule has 0 spiro atoms. The molecule has 0 saturated carbocycles. The van der Waals surface area contributed by atoms with E-state index < -0.39 is 15.7 Å². The summed E-state index contributed by atoms with van der Waals surface area (Å²) < 4.78 is 26.1. The fourth-order valence-corrected chi connectivity index (χ4v) is 4.34. The normalized spacial score (nSPS) is 17.2. The smallest absolute Gasteiger partial charge is 0.258 e. The summed E-state index contributed by atoms with van der Waals surface area (Å²) in [5, 5.41) is 10.5. The van der Waals surface area contributed by atoms with Crippen LogP contribution in [0.2, 0.25) is 0 Å². The fraction of sp³-hybridized carbons (Fsp3) is 0.333. The summed E-state index contributed by atoms with van der Waals surface area (Å²) in [6.07, 6.45) is 1.56. The van der Waals surface area contributed by atoms with Crippen LogP contribution < -0.4 is 5.32 Å². The first-order valence-electron chi connectivity index (χ1n) is 7.47. The minimum absolute atomic E-state index is 0.0356. The average Bonchev–Trinajstić information content (AvgIpc) is 2.95. The molecular formula is C15H17N5O4S. The van der Waals surface area contributed by atoms with Gasteiger partial charge in [-0.3, -0.25) is 10.1 Å². The van der Waals surface area contributed by atoms with Crippen molar-refractivity contribution in [2.45, 2.75) is 18.2 Å². The number of benzene rings is 1. The first-order chi connectivity index (χ1) is 11.8. The summed E-state index contributed by atoms with van der Waals surface area (Å²) in [7, 11) is -0.360. The average molecular weight is 363 g/mol. The maximum Gasteiger partial charge on any atom is 0.258 e. The molecule has 0 unspecified atom stereocenters. The molecular weight excluding hydrogens is 346 g/mol. The van der Waals surface area contributed by atoms with Gasteiger partial charge in [-0.2, -0.15) is 10.1 Å². The van der Waals surface area contributed by atoms with Crippen molar-refractivity contribution < 1.29 is 18.0 Å². The number of nitrogens with zero attached hydrogens (tertiary/aromatic N) is 4. The minimum Gasteiger partial charge on any atom is -0.399 e. The van der Waals surface area contributed by atoms with Crippen molar-refractivity contribution in [3.63, 3.8) is 0 Å². The highest BCUT2D eigenvalue weighted by Gasteiger charge is 2.31. The molecule has 2 aromatic rings. The maximum absolute atomic E-state index is 12.6. The summed E-state index contributed by atoms with van der Waals surface area (Å²) in [6.45, 7) is 1.69. The molecule has 1 aliphatic rings. The molecule has 1 N–H and O–H groups in total. The van der Waals surface area contributed by atoms with Crippen molar-refractivity contribution in [2.24, 2.45) is 12.2 Å². The summed E-state index contributed by atoms with van der Waals surface area (Å²) in [5.74, 6) is -0.150. The monoisotopic (exact) mass is 363 g/mol. The van der Waals surface area contributed by atoms with E-state index >= 15 is 0 Å². The van der Waals surface area contributed by atoms with Crippen LogP contribution in [-0.4, -0.2) is 47.7 Å². The van der Waals surface area contributed by atoms with E-state index in [1.54, 1.807) is 14.0 Å². The van der Waals surface area contributed by atoms with Gasteiger partial charge in [0.25, 0.3) is 5.91 Å². The number of rotatable bonds is 3. The molecule has 9 nitrogen and oxygen atoms in total.